The van der Waals surface area contributed by atoms with Gasteiger partial charge in [-0.25, -0.2) is 4.98 Å². The first-order chi connectivity index (χ1) is 12.1. The topological polar surface area (TPSA) is 82.0 Å². The fraction of sp³-hybridized carbons (Fsp3) is 0.353. The summed E-state index contributed by atoms with van der Waals surface area (Å²) in [5, 5.41) is 6.83. The van der Waals surface area contributed by atoms with Crippen molar-refractivity contribution in [1.29, 1.82) is 0 Å². The van der Waals surface area contributed by atoms with Crippen molar-refractivity contribution in [2.45, 2.75) is 20.3 Å². The molecule has 1 heterocycles. The standard InChI is InChI=1S/C17H21N3O4S/c1-4-23-16(21)7-8-24-15-9-13(5-6-14(15)22-3)10-18-20-17-19-12(2)11-25-17/h5-6,9-11H,4,7-8H2,1-3H3,(H,19,20). The summed E-state index contributed by atoms with van der Waals surface area (Å²) in [5.41, 5.74) is 4.65. The van der Waals surface area contributed by atoms with Crippen LogP contribution in [0.2, 0.25) is 0 Å². The molecule has 1 aromatic carbocycles. The number of methoxy groups -OCH3 is 1. The Morgan fingerprint density at radius 2 is 2.24 bits per heavy atom. The fourth-order valence-electron chi connectivity index (χ4n) is 1.93. The number of carbonyl (C=O) groups excluding carboxylic acids is 1. The molecule has 0 unspecified atom stereocenters. The van der Waals surface area contributed by atoms with Gasteiger partial charge in [0.1, 0.15) is 0 Å². The fourth-order valence-corrected chi connectivity index (χ4v) is 2.57. The van der Waals surface area contributed by atoms with E-state index in [0.29, 0.717) is 18.1 Å². The lowest BCUT2D eigenvalue weighted by Gasteiger charge is -2.11. The highest BCUT2D eigenvalue weighted by Gasteiger charge is 2.07. The molecule has 0 saturated heterocycles. The molecule has 0 aliphatic heterocycles. The summed E-state index contributed by atoms with van der Waals surface area (Å²) < 4.78 is 15.8. The Morgan fingerprint density at radius 1 is 1.40 bits per heavy atom. The van der Waals surface area contributed by atoms with Gasteiger partial charge in [0.25, 0.3) is 0 Å². The van der Waals surface area contributed by atoms with Crippen LogP contribution >= 0.6 is 11.3 Å². The number of anilines is 1. The maximum Gasteiger partial charge on any atom is 0.309 e. The zero-order chi connectivity index (χ0) is 18.1. The summed E-state index contributed by atoms with van der Waals surface area (Å²) >= 11 is 1.49. The van der Waals surface area contributed by atoms with Crippen LogP contribution in [0.4, 0.5) is 5.13 Å². The van der Waals surface area contributed by atoms with E-state index in [1.54, 1.807) is 32.4 Å². The average Bonchev–Trinajstić information content (AvgIpc) is 3.01. The molecule has 0 bridgehead atoms. The minimum atomic E-state index is -0.290. The van der Waals surface area contributed by atoms with Crippen molar-refractivity contribution in [1.82, 2.24) is 4.98 Å². The predicted octanol–water partition coefficient (Wildman–Crippen LogP) is 3.24. The van der Waals surface area contributed by atoms with E-state index in [9.17, 15) is 4.79 Å². The normalized spacial score (nSPS) is 10.7. The van der Waals surface area contributed by atoms with E-state index >= 15 is 0 Å². The molecule has 134 valence electrons. The van der Waals surface area contributed by atoms with Crippen LogP contribution in [0.5, 0.6) is 11.5 Å². The van der Waals surface area contributed by atoms with Crippen LogP contribution in [-0.4, -0.2) is 37.5 Å². The van der Waals surface area contributed by atoms with E-state index in [0.717, 1.165) is 16.4 Å². The number of rotatable bonds is 9. The first-order valence-electron chi connectivity index (χ1n) is 7.80. The van der Waals surface area contributed by atoms with Crippen molar-refractivity contribution in [2.75, 3.05) is 25.7 Å². The minimum Gasteiger partial charge on any atom is -0.493 e. The molecule has 7 nitrogen and oxygen atoms in total. The molecule has 0 saturated carbocycles. The van der Waals surface area contributed by atoms with Gasteiger partial charge in [0, 0.05) is 5.38 Å². The van der Waals surface area contributed by atoms with Gasteiger partial charge in [-0.15, -0.1) is 11.3 Å². The third kappa shape index (κ3) is 6.07. The second-order valence-corrected chi connectivity index (χ2v) is 5.84. The zero-order valence-electron chi connectivity index (χ0n) is 14.4. The molecule has 0 fully saturated rings. The van der Waals surface area contributed by atoms with Gasteiger partial charge in [-0.2, -0.15) is 5.10 Å². The molecule has 1 aromatic heterocycles. The first kappa shape index (κ1) is 18.7. The van der Waals surface area contributed by atoms with Crippen LogP contribution in [-0.2, 0) is 9.53 Å². The third-order valence-electron chi connectivity index (χ3n) is 3.05. The Balaban J connectivity index is 1.96. The van der Waals surface area contributed by atoms with E-state index in [2.05, 4.69) is 15.5 Å². The minimum absolute atomic E-state index is 0.181. The van der Waals surface area contributed by atoms with Crippen molar-refractivity contribution in [2.24, 2.45) is 5.10 Å². The quantitative estimate of drug-likeness (QED) is 0.418. The summed E-state index contributed by atoms with van der Waals surface area (Å²) in [7, 11) is 1.56. The molecule has 0 atom stereocenters. The van der Waals surface area contributed by atoms with Gasteiger partial charge in [0.05, 0.1) is 38.7 Å². The Labute approximate surface area is 150 Å². The van der Waals surface area contributed by atoms with Crippen molar-refractivity contribution in [3.63, 3.8) is 0 Å². The molecule has 2 rings (SSSR count). The number of aryl methyl sites for hydroxylation is 1. The predicted molar refractivity (Wildman–Crippen MR) is 97.8 cm³/mol. The first-order valence-corrected chi connectivity index (χ1v) is 8.68. The van der Waals surface area contributed by atoms with Crippen LogP contribution in [0.25, 0.3) is 0 Å². The van der Waals surface area contributed by atoms with E-state index < -0.39 is 0 Å². The second kappa shape index (κ2) is 9.63. The second-order valence-electron chi connectivity index (χ2n) is 4.98. The van der Waals surface area contributed by atoms with Gasteiger partial charge in [0.15, 0.2) is 11.5 Å². The third-order valence-corrected chi connectivity index (χ3v) is 3.91. The lowest BCUT2D eigenvalue weighted by atomic mass is 10.2. The van der Waals surface area contributed by atoms with Crippen molar-refractivity contribution < 1.29 is 19.0 Å². The largest absolute Gasteiger partial charge is 0.493 e. The van der Waals surface area contributed by atoms with Gasteiger partial charge in [0.2, 0.25) is 5.13 Å². The van der Waals surface area contributed by atoms with Crippen molar-refractivity contribution >= 4 is 28.7 Å². The Morgan fingerprint density at radius 3 is 2.92 bits per heavy atom. The Hall–Kier alpha value is -2.61. The number of carbonyl (C=O) groups is 1. The number of hydrogen-bond donors (Lipinski definition) is 1. The SMILES string of the molecule is CCOC(=O)CCOc1cc(C=NNc2nc(C)cs2)ccc1OC. The molecule has 25 heavy (non-hydrogen) atoms. The molecule has 2 aromatic rings. The van der Waals surface area contributed by atoms with Crippen molar-refractivity contribution in [3.05, 3.63) is 34.8 Å². The van der Waals surface area contributed by atoms with Crippen LogP contribution in [0.3, 0.4) is 0 Å². The highest BCUT2D eigenvalue weighted by atomic mass is 32.1. The van der Waals surface area contributed by atoms with Gasteiger partial charge < -0.3 is 14.2 Å². The number of benzene rings is 1. The molecule has 8 heteroatoms. The number of nitrogens with zero attached hydrogens (tertiary/aromatic N) is 2. The summed E-state index contributed by atoms with van der Waals surface area (Å²) in [4.78, 5) is 15.6. The van der Waals surface area contributed by atoms with E-state index in [1.165, 1.54) is 11.3 Å². The molecule has 0 amide bonds. The smallest absolute Gasteiger partial charge is 0.309 e. The molecule has 0 radical (unpaired) electrons. The van der Waals surface area contributed by atoms with Crippen LogP contribution in [0.1, 0.15) is 24.6 Å². The molecule has 0 aliphatic carbocycles. The van der Waals surface area contributed by atoms with Gasteiger partial charge >= 0.3 is 5.97 Å². The summed E-state index contributed by atoms with van der Waals surface area (Å²) in [6.07, 6.45) is 1.84. The van der Waals surface area contributed by atoms with E-state index in [-0.39, 0.29) is 19.0 Å². The monoisotopic (exact) mass is 363 g/mol. The number of ether oxygens (including phenoxy) is 3. The molecular formula is C17H21N3O4S. The molecule has 0 spiro atoms. The maximum absolute atomic E-state index is 11.4. The number of hydrogen-bond acceptors (Lipinski definition) is 8. The number of nitrogens with one attached hydrogen (secondary N) is 1. The average molecular weight is 363 g/mol. The van der Waals surface area contributed by atoms with E-state index in [1.807, 2.05) is 18.4 Å². The van der Waals surface area contributed by atoms with E-state index in [4.69, 9.17) is 14.2 Å². The summed E-state index contributed by atoms with van der Waals surface area (Å²) in [6.45, 7) is 4.27. The number of thiazole rings is 1. The lowest BCUT2D eigenvalue weighted by molar-refractivity contribution is -0.143. The molecule has 1 N–H and O–H groups in total. The molecular weight excluding hydrogens is 342 g/mol. The maximum atomic E-state index is 11.4. The number of esters is 1. The van der Waals surface area contributed by atoms with Gasteiger partial charge in [-0.3, -0.25) is 10.2 Å². The highest BCUT2D eigenvalue weighted by molar-refractivity contribution is 7.13. The Kier molecular flexibility index (Phi) is 7.21. The van der Waals surface area contributed by atoms with Crippen LogP contribution < -0.4 is 14.9 Å². The van der Waals surface area contributed by atoms with Crippen LogP contribution in [0, 0.1) is 6.92 Å². The highest BCUT2D eigenvalue weighted by Crippen LogP contribution is 2.27. The van der Waals surface area contributed by atoms with Gasteiger partial charge in [-0.1, -0.05) is 0 Å². The number of aromatic nitrogens is 1. The zero-order valence-corrected chi connectivity index (χ0v) is 15.3. The van der Waals surface area contributed by atoms with Crippen molar-refractivity contribution in [3.8, 4) is 11.5 Å². The molecule has 0 aliphatic rings. The summed E-state index contributed by atoms with van der Waals surface area (Å²) in [5.74, 6) is 0.840. The summed E-state index contributed by atoms with van der Waals surface area (Å²) in [6, 6.07) is 5.44. The van der Waals surface area contributed by atoms with Crippen LogP contribution in [0.15, 0.2) is 28.7 Å². The lowest BCUT2D eigenvalue weighted by Crippen LogP contribution is -2.10. The van der Waals surface area contributed by atoms with Gasteiger partial charge in [-0.05, 0) is 37.6 Å². The number of hydrazone groups is 1. The Bertz CT molecular complexity index is 730.